The zero-order valence-electron chi connectivity index (χ0n) is 9.50. The first-order valence-corrected chi connectivity index (χ1v) is 6.90. The normalized spacial score (nSPS) is 10.4. The third-order valence-corrected chi connectivity index (χ3v) is 3.31. The van der Waals surface area contributed by atoms with E-state index in [1.54, 1.807) is 18.2 Å². The highest BCUT2D eigenvalue weighted by Gasteiger charge is 2.04. The van der Waals surface area contributed by atoms with Gasteiger partial charge in [0.1, 0.15) is 18.2 Å². The molecular formula is C14H11BrClFO. The lowest BCUT2D eigenvalue weighted by Crippen LogP contribution is -1.97. The number of hydrogen-bond acceptors (Lipinski definition) is 1. The van der Waals surface area contributed by atoms with E-state index >= 15 is 0 Å². The zero-order chi connectivity index (χ0) is 13.0. The van der Waals surface area contributed by atoms with Crippen LogP contribution in [-0.4, -0.2) is 0 Å². The van der Waals surface area contributed by atoms with E-state index in [1.165, 1.54) is 12.1 Å². The molecule has 2 aromatic rings. The summed E-state index contributed by atoms with van der Waals surface area (Å²) in [4.78, 5) is 0. The molecule has 2 rings (SSSR count). The van der Waals surface area contributed by atoms with E-state index in [9.17, 15) is 4.39 Å². The summed E-state index contributed by atoms with van der Waals surface area (Å²) in [5, 5.41) is 1.35. The molecule has 1 nitrogen and oxygen atoms in total. The Bertz CT molecular complexity index is 528. The summed E-state index contributed by atoms with van der Waals surface area (Å²) in [6.07, 6.45) is 0. The van der Waals surface area contributed by atoms with E-state index < -0.39 is 0 Å². The predicted octanol–water partition coefficient (Wildman–Crippen LogP) is 4.95. The lowest BCUT2D eigenvalue weighted by Gasteiger charge is -2.10. The molecule has 0 N–H and O–H groups in total. The monoisotopic (exact) mass is 328 g/mol. The summed E-state index contributed by atoms with van der Waals surface area (Å²) < 4.78 is 18.4. The molecule has 0 atom stereocenters. The van der Waals surface area contributed by atoms with E-state index in [2.05, 4.69) is 15.9 Å². The van der Waals surface area contributed by atoms with Gasteiger partial charge in [0.05, 0.1) is 0 Å². The van der Waals surface area contributed by atoms with Crippen LogP contribution in [-0.2, 0) is 11.9 Å². The van der Waals surface area contributed by atoms with Crippen LogP contribution in [0.4, 0.5) is 4.39 Å². The molecule has 4 heteroatoms. The minimum absolute atomic E-state index is 0.244. The van der Waals surface area contributed by atoms with Gasteiger partial charge in [-0.15, -0.1) is 0 Å². The van der Waals surface area contributed by atoms with Crippen LogP contribution < -0.4 is 4.74 Å². The predicted molar refractivity (Wildman–Crippen MR) is 74.8 cm³/mol. The van der Waals surface area contributed by atoms with Crippen molar-refractivity contribution in [1.82, 2.24) is 0 Å². The summed E-state index contributed by atoms with van der Waals surface area (Å²) in [5.41, 5.74) is 1.91. The fraction of sp³-hybridized carbons (Fsp3) is 0.143. The van der Waals surface area contributed by atoms with Crippen molar-refractivity contribution < 1.29 is 9.13 Å². The molecule has 0 aliphatic heterocycles. The number of hydrogen-bond donors (Lipinski definition) is 0. The van der Waals surface area contributed by atoms with Crippen LogP contribution in [0.3, 0.4) is 0 Å². The average Bonchev–Trinajstić information content (AvgIpc) is 2.39. The molecule has 0 unspecified atom stereocenters. The van der Waals surface area contributed by atoms with Crippen molar-refractivity contribution in [1.29, 1.82) is 0 Å². The zero-order valence-corrected chi connectivity index (χ0v) is 11.8. The third kappa shape index (κ3) is 3.47. The number of halogens is 3. The van der Waals surface area contributed by atoms with Crippen LogP contribution in [0.15, 0.2) is 42.5 Å². The van der Waals surface area contributed by atoms with Crippen LogP contribution in [0, 0.1) is 5.82 Å². The van der Waals surface area contributed by atoms with Crippen LogP contribution in [0.2, 0.25) is 5.02 Å². The van der Waals surface area contributed by atoms with Crippen molar-refractivity contribution in [3.63, 3.8) is 0 Å². The van der Waals surface area contributed by atoms with E-state index in [-0.39, 0.29) is 5.82 Å². The van der Waals surface area contributed by atoms with E-state index in [0.29, 0.717) is 17.0 Å². The van der Waals surface area contributed by atoms with Gasteiger partial charge in [-0.05, 0) is 35.9 Å². The molecule has 0 fully saturated rings. The molecule has 18 heavy (non-hydrogen) atoms. The van der Waals surface area contributed by atoms with Gasteiger partial charge in [0.15, 0.2) is 0 Å². The highest BCUT2D eigenvalue weighted by atomic mass is 79.9. The average molecular weight is 330 g/mol. The van der Waals surface area contributed by atoms with Crippen LogP contribution in [0.1, 0.15) is 11.1 Å². The molecule has 0 aromatic heterocycles. The minimum Gasteiger partial charge on any atom is -0.489 e. The first-order valence-electron chi connectivity index (χ1n) is 5.40. The standard InChI is InChI=1S/C14H11BrClFO/c15-8-11-7-12(16)3-6-14(11)18-9-10-1-4-13(17)5-2-10/h1-7H,8-9H2. The first kappa shape index (κ1) is 13.4. The Morgan fingerprint density at radius 1 is 1.11 bits per heavy atom. The van der Waals surface area contributed by atoms with Crippen LogP contribution in [0.25, 0.3) is 0 Å². The van der Waals surface area contributed by atoms with Crippen LogP contribution >= 0.6 is 27.5 Å². The second-order valence-corrected chi connectivity index (χ2v) is 4.80. The quantitative estimate of drug-likeness (QED) is 0.721. The maximum absolute atomic E-state index is 12.8. The Hall–Kier alpha value is -1.06. The van der Waals surface area contributed by atoms with Crippen molar-refractivity contribution in [2.75, 3.05) is 0 Å². The minimum atomic E-state index is -0.244. The molecule has 0 radical (unpaired) electrons. The van der Waals surface area contributed by atoms with Gasteiger partial charge in [0.25, 0.3) is 0 Å². The molecule has 0 saturated carbocycles. The number of benzene rings is 2. The van der Waals surface area contributed by atoms with Gasteiger partial charge in [-0.25, -0.2) is 4.39 Å². The summed E-state index contributed by atoms with van der Waals surface area (Å²) in [7, 11) is 0. The molecule has 0 aliphatic carbocycles. The molecule has 0 heterocycles. The molecule has 0 amide bonds. The summed E-state index contributed by atoms with van der Waals surface area (Å²) in [5.74, 6) is 0.534. The molecule has 2 aromatic carbocycles. The fourth-order valence-electron chi connectivity index (χ4n) is 1.53. The topological polar surface area (TPSA) is 9.23 Å². The molecule has 0 bridgehead atoms. The van der Waals surface area contributed by atoms with Gasteiger partial charge in [-0.3, -0.25) is 0 Å². The Morgan fingerprint density at radius 2 is 1.83 bits per heavy atom. The third-order valence-electron chi connectivity index (χ3n) is 2.47. The van der Waals surface area contributed by atoms with E-state index in [4.69, 9.17) is 16.3 Å². The highest BCUT2D eigenvalue weighted by Crippen LogP contribution is 2.25. The molecule has 0 aliphatic rings. The second-order valence-electron chi connectivity index (χ2n) is 3.80. The smallest absolute Gasteiger partial charge is 0.123 e. The Balaban J connectivity index is 2.08. The van der Waals surface area contributed by atoms with Crippen LogP contribution in [0.5, 0.6) is 5.75 Å². The fourth-order valence-corrected chi connectivity index (χ4v) is 2.17. The maximum atomic E-state index is 12.8. The Labute approximate surface area is 119 Å². The molecule has 0 spiro atoms. The van der Waals surface area contributed by atoms with E-state index in [1.807, 2.05) is 12.1 Å². The first-order chi connectivity index (χ1) is 8.69. The van der Waals surface area contributed by atoms with Gasteiger partial charge in [-0.2, -0.15) is 0 Å². The van der Waals surface area contributed by atoms with Gasteiger partial charge in [-0.1, -0.05) is 39.7 Å². The van der Waals surface area contributed by atoms with E-state index in [0.717, 1.165) is 16.9 Å². The van der Waals surface area contributed by atoms with Gasteiger partial charge < -0.3 is 4.74 Å². The summed E-state index contributed by atoms with van der Waals surface area (Å²) >= 11 is 9.30. The SMILES string of the molecule is Fc1ccc(COc2ccc(Cl)cc2CBr)cc1. The van der Waals surface area contributed by atoms with Crippen molar-refractivity contribution in [3.05, 3.63) is 64.4 Å². The highest BCUT2D eigenvalue weighted by molar-refractivity contribution is 9.08. The Kier molecular flexibility index (Phi) is 4.61. The lowest BCUT2D eigenvalue weighted by molar-refractivity contribution is 0.304. The van der Waals surface area contributed by atoms with Crippen molar-refractivity contribution in [2.24, 2.45) is 0 Å². The molecule has 94 valence electrons. The summed E-state index contributed by atoms with van der Waals surface area (Å²) in [6, 6.07) is 11.7. The molecular weight excluding hydrogens is 319 g/mol. The number of rotatable bonds is 4. The number of alkyl halides is 1. The molecule has 0 saturated heterocycles. The second kappa shape index (κ2) is 6.21. The summed E-state index contributed by atoms with van der Waals surface area (Å²) in [6.45, 7) is 0.405. The lowest BCUT2D eigenvalue weighted by atomic mass is 10.2. The maximum Gasteiger partial charge on any atom is 0.123 e. The van der Waals surface area contributed by atoms with Crippen molar-refractivity contribution >= 4 is 27.5 Å². The van der Waals surface area contributed by atoms with Gasteiger partial charge >= 0.3 is 0 Å². The van der Waals surface area contributed by atoms with Crippen molar-refractivity contribution in [2.45, 2.75) is 11.9 Å². The largest absolute Gasteiger partial charge is 0.489 e. The van der Waals surface area contributed by atoms with Gasteiger partial charge in [0.2, 0.25) is 0 Å². The van der Waals surface area contributed by atoms with Gasteiger partial charge in [0, 0.05) is 15.9 Å². The Morgan fingerprint density at radius 3 is 2.50 bits per heavy atom. The van der Waals surface area contributed by atoms with Crippen molar-refractivity contribution in [3.8, 4) is 5.75 Å². The number of ether oxygens (including phenoxy) is 1.